The number of aliphatic hydroxyl groups is 1. The summed E-state index contributed by atoms with van der Waals surface area (Å²) < 4.78 is 10.1. The standard InChI is InChI=1S/C16H32O4/c1-3-4-5-6-7-8-9-10-11-12-16(18)20-15(2)19-14-13-17/h15,17H,3-14H2,1-2H3. The summed E-state index contributed by atoms with van der Waals surface area (Å²) in [6.45, 7) is 4.05. The number of carbonyl (C=O) groups is 1. The molecule has 0 aromatic carbocycles. The average molecular weight is 288 g/mol. The van der Waals surface area contributed by atoms with Crippen LogP contribution in [-0.4, -0.2) is 30.6 Å². The molecule has 0 radical (unpaired) electrons. The molecule has 0 aromatic heterocycles. The van der Waals surface area contributed by atoms with Crippen molar-refractivity contribution in [2.24, 2.45) is 0 Å². The Hall–Kier alpha value is -0.610. The summed E-state index contributed by atoms with van der Waals surface area (Å²) >= 11 is 0. The maximum atomic E-state index is 11.5. The molecule has 0 amide bonds. The molecular formula is C16H32O4. The highest BCUT2D eigenvalue weighted by Crippen LogP contribution is 2.11. The lowest BCUT2D eigenvalue weighted by Crippen LogP contribution is -2.19. The highest BCUT2D eigenvalue weighted by Gasteiger charge is 2.08. The fraction of sp³-hybridized carbons (Fsp3) is 0.938. The van der Waals surface area contributed by atoms with Gasteiger partial charge in [0.15, 0.2) is 6.29 Å². The van der Waals surface area contributed by atoms with E-state index in [0.29, 0.717) is 6.42 Å². The highest BCUT2D eigenvalue weighted by molar-refractivity contribution is 5.69. The van der Waals surface area contributed by atoms with Crippen LogP contribution in [-0.2, 0) is 14.3 Å². The molecule has 4 nitrogen and oxygen atoms in total. The largest absolute Gasteiger partial charge is 0.436 e. The van der Waals surface area contributed by atoms with E-state index in [0.717, 1.165) is 12.8 Å². The number of ether oxygens (including phenoxy) is 2. The van der Waals surface area contributed by atoms with Crippen LogP contribution in [0.1, 0.15) is 78.1 Å². The lowest BCUT2D eigenvalue weighted by atomic mass is 10.1. The van der Waals surface area contributed by atoms with Crippen LogP contribution in [0.15, 0.2) is 0 Å². The first-order valence-electron chi connectivity index (χ1n) is 8.12. The van der Waals surface area contributed by atoms with Crippen LogP contribution < -0.4 is 0 Å². The van der Waals surface area contributed by atoms with E-state index in [1.165, 1.54) is 44.9 Å². The van der Waals surface area contributed by atoms with E-state index in [9.17, 15) is 4.79 Å². The van der Waals surface area contributed by atoms with Gasteiger partial charge in [-0.25, -0.2) is 0 Å². The molecule has 0 saturated heterocycles. The smallest absolute Gasteiger partial charge is 0.308 e. The monoisotopic (exact) mass is 288 g/mol. The lowest BCUT2D eigenvalue weighted by molar-refractivity contribution is -0.176. The fourth-order valence-corrected chi connectivity index (χ4v) is 2.08. The number of esters is 1. The lowest BCUT2D eigenvalue weighted by Gasteiger charge is -2.13. The second kappa shape index (κ2) is 14.8. The predicted molar refractivity (Wildman–Crippen MR) is 80.4 cm³/mol. The van der Waals surface area contributed by atoms with Crippen molar-refractivity contribution < 1.29 is 19.4 Å². The normalized spacial score (nSPS) is 12.3. The fourth-order valence-electron chi connectivity index (χ4n) is 2.08. The van der Waals surface area contributed by atoms with Crippen LogP contribution in [0.3, 0.4) is 0 Å². The summed E-state index contributed by atoms with van der Waals surface area (Å²) in [5.41, 5.74) is 0. The van der Waals surface area contributed by atoms with Crippen molar-refractivity contribution in [3.63, 3.8) is 0 Å². The zero-order valence-electron chi connectivity index (χ0n) is 13.2. The van der Waals surface area contributed by atoms with Crippen molar-refractivity contribution in [2.75, 3.05) is 13.2 Å². The van der Waals surface area contributed by atoms with Crippen LogP contribution in [0.5, 0.6) is 0 Å². The van der Waals surface area contributed by atoms with Gasteiger partial charge in [-0.3, -0.25) is 4.79 Å². The molecule has 1 atom stereocenters. The molecule has 0 saturated carbocycles. The van der Waals surface area contributed by atoms with E-state index in [-0.39, 0.29) is 19.2 Å². The van der Waals surface area contributed by atoms with Gasteiger partial charge in [-0.2, -0.15) is 0 Å². The Bertz CT molecular complexity index is 219. The third-order valence-corrected chi connectivity index (χ3v) is 3.23. The first-order chi connectivity index (χ1) is 9.70. The maximum Gasteiger partial charge on any atom is 0.308 e. The number of hydrogen-bond donors (Lipinski definition) is 1. The predicted octanol–water partition coefficient (Wildman–Crippen LogP) is 3.81. The second-order valence-electron chi connectivity index (χ2n) is 5.23. The summed E-state index contributed by atoms with van der Waals surface area (Å²) in [5.74, 6) is -0.210. The minimum Gasteiger partial charge on any atom is -0.436 e. The van der Waals surface area contributed by atoms with Gasteiger partial charge in [0.2, 0.25) is 0 Å². The Morgan fingerprint density at radius 3 is 2.10 bits per heavy atom. The van der Waals surface area contributed by atoms with Gasteiger partial charge < -0.3 is 14.6 Å². The summed E-state index contributed by atoms with van der Waals surface area (Å²) in [6, 6.07) is 0. The quantitative estimate of drug-likeness (QED) is 0.300. The Kier molecular flexibility index (Phi) is 14.3. The van der Waals surface area contributed by atoms with Crippen LogP contribution >= 0.6 is 0 Å². The number of carbonyl (C=O) groups excluding carboxylic acids is 1. The molecule has 4 heteroatoms. The molecule has 0 fully saturated rings. The summed E-state index contributed by atoms with van der Waals surface area (Å²) in [7, 11) is 0. The van der Waals surface area contributed by atoms with Gasteiger partial charge in [-0.15, -0.1) is 0 Å². The molecule has 0 aliphatic heterocycles. The zero-order chi connectivity index (χ0) is 15.1. The average Bonchev–Trinajstić information content (AvgIpc) is 2.43. The van der Waals surface area contributed by atoms with Crippen LogP contribution in [0.25, 0.3) is 0 Å². The summed E-state index contributed by atoms with van der Waals surface area (Å²) in [4.78, 5) is 11.5. The van der Waals surface area contributed by atoms with E-state index in [2.05, 4.69) is 6.92 Å². The van der Waals surface area contributed by atoms with Crippen molar-refractivity contribution in [2.45, 2.75) is 84.3 Å². The molecule has 1 N–H and O–H groups in total. The first-order valence-corrected chi connectivity index (χ1v) is 8.12. The minimum atomic E-state index is -0.562. The summed E-state index contributed by atoms with van der Waals surface area (Å²) in [6.07, 6.45) is 11.0. The van der Waals surface area contributed by atoms with Crippen LogP contribution in [0, 0.1) is 0 Å². The second-order valence-corrected chi connectivity index (χ2v) is 5.23. The molecule has 0 rings (SSSR count). The third-order valence-electron chi connectivity index (χ3n) is 3.23. The van der Waals surface area contributed by atoms with Crippen molar-refractivity contribution in [1.82, 2.24) is 0 Å². The molecule has 0 bridgehead atoms. The van der Waals surface area contributed by atoms with Gasteiger partial charge in [0.1, 0.15) is 0 Å². The van der Waals surface area contributed by atoms with E-state index >= 15 is 0 Å². The molecule has 120 valence electrons. The van der Waals surface area contributed by atoms with Crippen LogP contribution in [0.2, 0.25) is 0 Å². The number of hydrogen-bond acceptors (Lipinski definition) is 4. The van der Waals surface area contributed by atoms with E-state index in [1.54, 1.807) is 6.92 Å². The maximum absolute atomic E-state index is 11.5. The Labute approximate surface area is 123 Å². The molecule has 1 unspecified atom stereocenters. The van der Waals surface area contributed by atoms with E-state index < -0.39 is 6.29 Å². The van der Waals surface area contributed by atoms with Gasteiger partial charge in [0.05, 0.1) is 13.2 Å². The van der Waals surface area contributed by atoms with Gasteiger partial charge in [0, 0.05) is 6.42 Å². The number of unbranched alkanes of at least 4 members (excludes halogenated alkanes) is 8. The van der Waals surface area contributed by atoms with Crippen molar-refractivity contribution in [1.29, 1.82) is 0 Å². The summed E-state index contributed by atoms with van der Waals surface area (Å²) in [5, 5.41) is 8.58. The molecule has 0 heterocycles. The van der Waals surface area contributed by atoms with Crippen molar-refractivity contribution >= 4 is 5.97 Å². The third kappa shape index (κ3) is 13.8. The SMILES string of the molecule is CCCCCCCCCCCC(=O)OC(C)OCCO. The Morgan fingerprint density at radius 2 is 1.55 bits per heavy atom. The molecule has 0 aliphatic carbocycles. The van der Waals surface area contributed by atoms with Crippen molar-refractivity contribution in [3.05, 3.63) is 0 Å². The highest BCUT2D eigenvalue weighted by atomic mass is 16.7. The molecular weight excluding hydrogens is 256 g/mol. The van der Waals surface area contributed by atoms with E-state index in [4.69, 9.17) is 14.6 Å². The minimum absolute atomic E-state index is 0.0554. The molecule has 20 heavy (non-hydrogen) atoms. The van der Waals surface area contributed by atoms with Gasteiger partial charge in [0.25, 0.3) is 0 Å². The Morgan fingerprint density at radius 1 is 1.00 bits per heavy atom. The van der Waals surface area contributed by atoms with Gasteiger partial charge in [-0.1, -0.05) is 58.3 Å². The molecule has 0 aliphatic rings. The number of rotatable bonds is 14. The van der Waals surface area contributed by atoms with E-state index in [1.807, 2.05) is 0 Å². The topological polar surface area (TPSA) is 55.8 Å². The van der Waals surface area contributed by atoms with Crippen LogP contribution in [0.4, 0.5) is 0 Å². The van der Waals surface area contributed by atoms with Gasteiger partial charge >= 0.3 is 5.97 Å². The molecule has 0 spiro atoms. The number of aliphatic hydroxyl groups excluding tert-OH is 1. The van der Waals surface area contributed by atoms with Crippen molar-refractivity contribution in [3.8, 4) is 0 Å². The first kappa shape index (κ1) is 19.4. The van der Waals surface area contributed by atoms with Gasteiger partial charge in [-0.05, 0) is 13.3 Å². The Balaban J connectivity index is 3.26. The molecule has 0 aromatic rings. The zero-order valence-corrected chi connectivity index (χ0v) is 13.2.